The van der Waals surface area contributed by atoms with Gasteiger partial charge < -0.3 is 11.5 Å². The number of carbonyl (C=O) groups excluding carboxylic acids is 1. The number of rotatable bonds is 4. The van der Waals surface area contributed by atoms with Crippen LogP contribution in [0, 0.1) is 0 Å². The molecule has 1 atom stereocenters. The highest BCUT2D eigenvalue weighted by molar-refractivity contribution is 7.10. The molecule has 1 amide bonds. The van der Waals surface area contributed by atoms with E-state index < -0.39 is 0 Å². The van der Waals surface area contributed by atoms with Crippen LogP contribution in [0.4, 0.5) is 0 Å². The van der Waals surface area contributed by atoms with Crippen LogP contribution in [0.2, 0.25) is 0 Å². The van der Waals surface area contributed by atoms with Crippen LogP contribution in [0.15, 0.2) is 17.5 Å². The van der Waals surface area contributed by atoms with E-state index in [4.69, 9.17) is 11.5 Å². The third kappa shape index (κ3) is 2.64. The van der Waals surface area contributed by atoms with Gasteiger partial charge in [-0.05, 0) is 17.9 Å². The van der Waals surface area contributed by atoms with Crippen LogP contribution < -0.4 is 11.5 Å². The van der Waals surface area contributed by atoms with E-state index in [9.17, 15) is 4.79 Å². The van der Waals surface area contributed by atoms with E-state index in [1.165, 1.54) is 0 Å². The number of thiophene rings is 1. The largest absolute Gasteiger partial charge is 0.370 e. The Morgan fingerprint density at radius 3 is 2.92 bits per heavy atom. The zero-order chi connectivity index (χ0) is 8.97. The predicted molar refractivity (Wildman–Crippen MR) is 49.7 cm³/mol. The molecule has 0 aliphatic rings. The molecule has 66 valence electrons. The summed E-state index contributed by atoms with van der Waals surface area (Å²) < 4.78 is 0. The van der Waals surface area contributed by atoms with E-state index >= 15 is 0 Å². The quantitative estimate of drug-likeness (QED) is 0.733. The summed E-state index contributed by atoms with van der Waals surface area (Å²) in [6.45, 7) is 0. The molecule has 1 aromatic heterocycles. The van der Waals surface area contributed by atoms with Crippen LogP contribution in [-0.2, 0) is 4.79 Å². The molecule has 12 heavy (non-hydrogen) atoms. The molecule has 0 bridgehead atoms. The van der Waals surface area contributed by atoms with Gasteiger partial charge in [-0.25, -0.2) is 0 Å². The van der Waals surface area contributed by atoms with Crippen molar-refractivity contribution in [1.82, 2.24) is 0 Å². The van der Waals surface area contributed by atoms with E-state index in [0.29, 0.717) is 12.8 Å². The monoisotopic (exact) mass is 184 g/mol. The molecule has 1 aromatic rings. The van der Waals surface area contributed by atoms with E-state index in [1.807, 2.05) is 17.5 Å². The van der Waals surface area contributed by atoms with Crippen molar-refractivity contribution in [2.75, 3.05) is 0 Å². The minimum atomic E-state index is -0.290. The maximum absolute atomic E-state index is 10.4. The molecule has 1 heterocycles. The second-order valence-electron chi connectivity index (χ2n) is 2.63. The van der Waals surface area contributed by atoms with Crippen molar-refractivity contribution in [2.24, 2.45) is 11.5 Å². The van der Waals surface area contributed by atoms with Gasteiger partial charge in [-0.1, -0.05) is 6.07 Å². The van der Waals surface area contributed by atoms with Gasteiger partial charge >= 0.3 is 0 Å². The van der Waals surface area contributed by atoms with Gasteiger partial charge in [0, 0.05) is 17.3 Å². The summed E-state index contributed by atoms with van der Waals surface area (Å²) in [6, 6.07) is 3.87. The Kier molecular flexibility index (Phi) is 3.25. The van der Waals surface area contributed by atoms with Crippen LogP contribution in [0.3, 0.4) is 0 Å². The van der Waals surface area contributed by atoms with E-state index in [1.54, 1.807) is 11.3 Å². The summed E-state index contributed by atoms with van der Waals surface area (Å²) in [5.41, 5.74) is 10.8. The molecule has 4 heteroatoms. The summed E-state index contributed by atoms with van der Waals surface area (Å²) in [5, 5.41) is 1.97. The number of carbonyl (C=O) groups is 1. The summed E-state index contributed by atoms with van der Waals surface area (Å²) in [4.78, 5) is 11.6. The van der Waals surface area contributed by atoms with Crippen molar-refractivity contribution < 1.29 is 4.79 Å². The Morgan fingerprint density at radius 1 is 1.67 bits per heavy atom. The Balaban J connectivity index is 2.39. The molecular weight excluding hydrogens is 172 g/mol. The molecule has 0 fully saturated rings. The van der Waals surface area contributed by atoms with Gasteiger partial charge in [0.1, 0.15) is 0 Å². The third-order valence-electron chi connectivity index (χ3n) is 1.61. The van der Waals surface area contributed by atoms with Crippen LogP contribution in [0.25, 0.3) is 0 Å². The number of hydrogen-bond donors (Lipinski definition) is 2. The molecule has 0 saturated heterocycles. The fourth-order valence-corrected chi connectivity index (χ4v) is 1.71. The molecule has 0 radical (unpaired) electrons. The normalized spacial score (nSPS) is 12.8. The Labute approximate surface area is 75.4 Å². The van der Waals surface area contributed by atoms with Crippen molar-refractivity contribution in [1.29, 1.82) is 0 Å². The van der Waals surface area contributed by atoms with Crippen LogP contribution in [0.1, 0.15) is 23.8 Å². The molecular formula is C8H12N2OS. The standard InChI is InChI=1S/C8H12N2OS/c9-6(3-4-8(10)11)7-2-1-5-12-7/h1-2,5-6H,3-4,9H2,(H2,10,11). The van der Waals surface area contributed by atoms with Crippen molar-refractivity contribution in [3.8, 4) is 0 Å². The molecule has 0 spiro atoms. The maximum Gasteiger partial charge on any atom is 0.217 e. The van der Waals surface area contributed by atoms with Gasteiger partial charge in [0.25, 0.3) is 0 Å². The van der Waals surface area contributed by atoms with E-state index in [2.05, 4.69) is 0 Å². The zero-order valence-electron chi connectivity index (χ0n) is 6.69. The highest BCUT2D eigenvalue weighted by Gasteiger charge is 2.07. The molecule has 0 aliphatic heterocycles. The Hall–Kier alpha value is -0.870. The highest BCUT2D eigenvalue weighted by atomic mass is 32.1. The van der Waals surface area contributed by atoms with Crippen molar-refractivity contribution in [2.45, 2.75) is 18.9 Å². The first kappa shape index (κ1) is 9.22. The molecule has 4 N–H and O–H groups in total. The van der Waals surface area contributed by atoms with Gasteiger partial charge in [-0.2, -0.15) is 0 Å². The second-order valence-corrected chi connectivity index (χ2v) is 3.61. The van der Waals surface area contributed by atoms with Crippen LogP contribution >= 0.6 is 11.3 Å². The summed E-state index contributed by atoms with van der Waals surface area (Å²) in [6.07, 6.45) is 0.995. The van der Waals surface area contributed by atoms with Crippen molar-refractivity contribution in [3.05, 3.63) is 22.4 Å². The van der Waals surface area contributed by atoms with Crippen molar-refractivity contribution >= 4 is 17.2 Å². The summed E-state index contributed by atoms with van der Waals surface area (Å²) >= 11 is 1.61. The lowest BCUT2D eigenvalue weighted by Gasteiger charge is -2.06. The fraction of sp³-hybridized carbons (Fsp3) is 0.375. The maximum atomic E-state index is 10.4. The lowest BCUT2D eigenvalue weighted by Crippen LogP contribution is -2.15. The van der Waals surface area contributed by atoms with Gasteiger partial charge in [0.15, 0.2) is 0 Å². The highest BCUT2D eigenvalue weighted by Crippen LogP contribution is 2.20. The topological polar surface area (TPSA) is 69.1 Å². The average Bonchev–Trinajstić information content (AvgIpc) is 2.51. The number of hydrogen-bond acceptors (Lipinski definition) is 3. The third-order valence-corrected chi connectivity index (χ3v) is 2.61. The molecule has 1 rings (SSSR count). The molecule has 0 aliphatic carbocycles. The van der Waals surface area contributed by atoms with Gasteiger partial charge in [-0.15, -0.1) is 11.3 Å². The summed E-state index contributed by atoms with van der Waals surface area (Å²) in [7, 11) is 0. The van der Waals surface area contributed by atoms with Crippen LogP contribution in [0.5, 0.6) is 0 Å². The van der Waals surface area contributed by atoms with E-state index in [0.717, 1.165) is 4.88 Å². The number of primary amides is 1. The molecule has 1 unspecified atom stereocenters. The Bertz CT molecular complexity index is 246. The van der Waals surface area contributed by atoms with Gasteiger partial charge in [0.05, 0.1) is 0 Å². The van der Waals surface area contributed by atoms with Crippen LogP contribution in [-0.4, -0.2) is 5.91 Å². The summed E-state index contributed by atoms with van der Waals surface area (Å²) in [5.74, 6) is -0.290. The zero-order valence-corrected chi connectivity index (χ0v) is 7.51. The molecule has 3 nitrogen and oxygen atoms in total. The first-order valence-corrected chi connectivity index (χ1v) is 4.65. The smallest absolute Gasteiger partial charge is 0.217 e. The lowest BCUT2D eigenvalue weighted by molar-refractivity contribution is -0.118. The van der Waals surface area contributed by atoms with Crippen molar-refractivity contribution in [3.63, 3.8) is 0 Å². The number of nitrogens with two attached hydrogens (primary N) is 2. The van der Waals surface area contributed by atoms with Gasteiger partial charge in [0.2, 0.25) is 5.91 Å². The fourth-order valence-electron chi connectivity index (χ4n) is 0.942. The Morgan fingerprint density at radius 2 is 2.42 bits per heavy atom. The SMILES string of the molecule is NC(=O)CCC(N)c1cccs1. The average molecular weight is 184 g/mol. The first-order valence-electron chi connectivity index (χ1n) is 3.77. The minimum Gasteiger partial charge on any atom is -0.370 e. The molecule has 0 saturated carbocycles. The minimum absolute atomic E-state index is 0.0440. The lowest BCUT2D eigenvalue weighted by atomic mass is 10.1. The first-order chi connectivity index (χ1) is 5.70. The second kappa shape index (κ2) is 4.23. The molecule has 0 aromatic carbocycles. The predicted octanol–water partition coefficient (Wildman–Crippen LogP) is 1.01. The number of amides is 1. The van der Waals surface area contributed by atoms with E-state index in [-0.39, 0.29) is 11.9 Å². The van der Waals surface area contributed by atoms with Gasteiger partial charge in [-0.3, -0.25) is 4.79 Å².